The maximum atomic E-state index is 12.6. The fraction of sp³-hybridized carbons (Fsp3) is 0.136. The van der Waals surface area contributed by atoms with E-state index in [0.717, 1.165) is 16.8 Å². The number of anilines is 2. The standard InChI is InChI=1S/C22H20N4O2/c1-14-7-10-16(11-8-14)24-20-18-5-3-4-6-19(18)25-21(26-20)22(27)23-13-17-12-9-15(2)28-17/h3-12H,13H2,1-2H3,(H,23,27)(H,24,25,26). The zero-order chi connectivity index (χ0) is 19.5. The van der Waals surface area contributed by atoms with E-state index in [1.54, 1.807) is 0 Å². The van der Waals surface area contributed by atoms with Gasteiger partial charge in [0.25, 0.3) is 5.91 Å². The number of rotatable bonds is 5. The summed E-state index contributed by atoms with van der Waals surface area (Å²) in [5.74, 6) is 1.83. The van der Waals surface area contributed by atoms with Gasteiger partial charge in [0.1, 0.15) is 17.3 Å². The second kappa shape index (κ2) is 7.52. The van der Waals surface area contributed by atoms with Crippen LogP contribution >= 0.6 is 0 Å². The van der Waals surface area contributed by atoms with Crippen LogP contribution in [0.1, 0.15) is 27.7 Å². The van der Waals surface area contributed by atoms with Gasteiger partial charge in [0.05, 0.1) is 12.1 Å². The van der Waals surface area contributed by atoms with Crippen molar-refractivity contribution in [3.05, 3.63) is 83.6 Å². The van der Waals surface area contributed by atoms with E-state index in [9.17, 15) is 4.79 Å². The molecule has 0 aliphatic rings. The molecule has 6 nitrogen and oxygen atoms in total. The molecule has 2 aromatic heterocycles. The summed E-state index contributed by atoms with van der Waals surface area (Å²) in [6.45, 7) is 4.18. The minimum absolute atomic E-state index is 0.108. The highest BCUT2D eigenvalue weighted by Gasteiger charge is 2.14. The molecule has 0 aliphatic heterocycles. The zero-order valence-corrected chi connectivity index (χ0v) is 15.7. The minimum Gasteiger partial charge on any atom is -0.465 e. The number of nitrogens with one attached hydrogen (secondary N) is 2. The van der Waals surface area contributed by atoms with Gasteiger partial charge in [-0.05, 0) is 50.2 Å². The number of para-hydroxylation sites is 1. The first-order chi connectivity index (χ1) is 13.6. The molecule has 0 saturated carbocycles. The lowest BCUT2D eigenvalue weighted by atomic mass is 10.2. The number of carbonyl (C=O) groups is 1. The molecule has 28 heavy (non-hydrogen) atoms. The van der Waals surface area contributed by atoms with E-state index in [0.29, 0.717) is 17.1 Å². The van der Waals surface area contributed by atoms with Crippen molar-refractivity contribution in [2.75, 3.05) is 5.32 Å². The lowest BCUT2D eigenvalue weighted by molar-refractivity contribution is 0.0938. The van der Waals surface area contributed by atoms with Crippen LogP contribution in [-0.4, -0.2) is 15.9 Å². The van der Waals surface area contributed by atoms with Crippen LogP contribution in [0.3, 0.4) is 0 Å². The number of nitrogens with zero attached hydrogens (tertiary/aromatic N) is 2. The maximum Gasteiger partial charge on any atom is 0.289 e. The van der Waals surface area contributed by atoms with Crippen LogP contribution in [0.15, 0.2) is 65.1 Å². The van der Waals surface area contributed by atoms with E-state index in [2.05, 4.69) is 20.6 Å². The molecule has 0 aliphatic carbocycles. The lowest BCUT2D eigenvalue weighted by Gasteiger charge is -2.11. The highest BCUT2D eigenvalue weighted by Crippen LogP contribution is 2.24. The maximum absolute atomic E-state index is 12.6. The summed E-state index contributed by atoms with van der Waals surface area (Å²) in [7, 11) is 0. The lowest BCUT2D eigenvalue weighted by Crippen LogP contribution is -2.25. The molecule has 2 heterocycles. The van der Waals surface area contributed by atoms with Crippen LogP contribution in [0.4, 0.5) is 11.5 Å². The monoisotopic (exact) mass is 372 g/mol. The van der Waals surface area contributed by atoms with Crippen LogP contribution in [-0.2, 0) is 6.54 Å². The van der Waals surface area contributed by atoms with Crippen LogP contribution in [0.5, 0.6) is 0 Å². The average molecular weight is 372 g/mol. The van der Waals surface area contributed by atoms with Gasteiger partial charge in [-0.25, -0.2) is 9.97 Å². The van der Waals surface area contributed by atoms with E-state index >= 15 is 0 Å². The Hall–Kier alpha value is -3.67. The first-order valence-corrected chi connectivity index (χ1v) is 9.02. The molecule has 0 unspecified atom stereocenters. The summed E-state index contributed by atoms with van der Waals surface area (Å²) < 4.78 is 5.48. The number of aryl methyl sites for hydroxylation is 2. The minimum atomic E-state index is -0.355. The molecule has 2 N–H and O–H groups in total. The fourth-order valence-corrected chi connectivity index (χ4v) is 2.87. The largest absolute Gasteiger partial charge is 0.465 e. The molecule has 0 atom stereocenters. The number of hydrogen-bond donors (Lipinski definition) is 2. The molecule has 1 amide bonds. The highest BCUT2D eigenvalue weighted by molar-refractivity contribution is 5.97. The van der Waals surface area contributed by atoms with Gasteiger partial charge in [0.2, 0.25) is 5.82 Å². The molecule has 4 rings (SSSR count). The number of carbonyl (C=O) groups excluding carboxylic acids is 1. The van der Waals surface area contributed by atoms with E-state index < -0.39 is 0 Å². The summed E-state index contributed by atoms with van der Waals surface area (Å²) in [4.78, 5) is 21.5. The van der Waals surface area contributed by atoms with Crippen molar-refractivity contribution < 1.29 is 9.21 Å². The van der Waals surface area contributed by atoms with Crippen molar-refractivity contribution in [1.29, 1.82) is 0 Å². The molecule has 0 spiro atoms. The number of hydrogen-bond acceptors (Lipinski definition) is 5. The van der Waals surface area contributed by atoms with E-state index in [1.165, 1.54) is 5.56 Å². The number of fused-ring (bicyclic) bond motifs is 1. The molecule has 0 bridgehead atoms. The Labute approximate surface area is 162 Å². The molecule has 0 radical (unpaired) electrons. The van der Waals surface area contributed by atoms with Crippen molar-refractivity contribution in [3.8, 4) is 0 Å². The smallest absolute Gasteiger partial charge is 0.289 e. The van der Waals surface area contributed by atoms with Gasteiger partial charge in [0, 0.05) is 11.1 Å². The fourth-order valence-electron chi connectivity index (χ4n) is 2.87. The van der Waals surface area contributed by atoms with E-state index in [4.69, 9.17) is 4.42 Å². The molecule has 6 heteroatoms. The predicted octanol–water partition coefficient (Wildman–Crippen LogP) is 4.51. The normalized spacial score (nSPS) is 10.8. The summed E-state index contributed by atoms with van der Waals surface area (Å²) in [6.07, 6.45) is 0. The summed E-state index contributed by atoms with van der Waals surface area (Å²) >= 11 is 0. The van der Waals surface area contributed by atoms with Crippen LogP contribution in [0.2, 0.25) is 0 Å². The van der Waals surface area contributed by atoms with Gasteiger partial charge in [-0.2, -0.15) is 0 Å². The number of amides is 1. The number of furan rings is 1. The van der Waals surface area contributed by atoms with Gasteiger partial charge >= 0.3 is 0 Å². The number of aromatic nitrogens is 2. The van der Waals surface area contributed by atoms with Gasteiger partial charge in [-0.15, -0.1) is 0 Å². The first-order valence-electron chi connectivity index (χ1n) is 9.02. The molecule has 4 aromatic rings. The van der Waals surface area contributed by atoms with Gasteiger partial charge in [-0.1, -0.05) is 29.8 Å². The average Bonchev–Trinajstić information content (AvgIpc) is 3.13. The Kier molecular flexibility index (Phi) is 4.76. The SMILES string of the molecule is Cc1ccc(Nc2nc(C(=O)NCc3ccc(C)o3)nc3ccccc23)cc1. The molecular formula is C22H20N4O2. The predicted molar refractivity (Wildman–Crippen MR) is 109 cm³/mol. The molecule has 2 aromatic carbocycles. The van der Waals surface area contributed by atoms with Crippen LogP contribution < -0.4 is 10.6 Å². The second-order valence-corrected chi connectivity index (χ2v) is 6.60. The quantitative estimate of drug-likeness (QED) is 0.539. The molecule has 140 valence electrons. The topological polar surface area (TPSA) is 80.0 Å². The Balaban J connectivity index is 1.63. The van der Waals surface area contributed by atoms with Crippen molar-refractivity contribution in [2.24, 2.45) is 0 Å². The van der Waals surface area contributed by atoms with E-state index in [-0.39, 0.29) is 18.3 Å². The molecule has 0 saturated heterocycles. The molecule has 0 fully saturated rings. The summed E-state index contributed by atoms with van der Waals surface area (Å²) in [5.41, 5.74) is 2.77. The number of benzene rings is 2. The van der Waals surface area contributed by atoms with Crippen molar-refractivity contribution in [2.45, 2.75) is 20.4 Å². The van der Waals surface area contributed by atoms with Gasteiger partial charge in [-0.3, -0.25) is 4.79 Å². The van der Waals surface area contributed by atoms with Crippen LogP contribution in [0.25, 0.3) is 10.9 Å². The Morgan fingerprint density at radius 2 is 1.75 bits per heavy atom. The van der Waals surface area contributed by atoms with E-state index in [1.807, 2.05) is 74.5 Å². The van der Waals surface area contributed by atoms with Gasteiger partial charge in [0.15, 0.2) is 0 Å². The Morgan fingerprint density at radius 1 is 0.964 bits per heavy atom. The Morgan fingerprint density at radius 3 is 2.50 bits per heavy atom. The summed E-state index contributed by atoms with van der Waals surface area (Å²) in [5, 5.41) is 6.95. The summed E-state index contributed by atoms with van der Waals surface area (Å²) in [6, 6.07) is 19.3. The highest BCUT2D eigenvalue weighted by atomic mass is 16.3. The third-order valence-corrected chi connectivity index (χ3v) is 4.34. The second-order valence-electron chi connectivity index (χ2n) is 6.60. The zero-order valence-electron chi connectivity index (χ0n) is 15.7. The molecular weight excluding hydrogens is 352 g/mol. The van der Waals surface area contributed by atoms with Crippen molar-refractivity contribution in [1.82, 2.24) is 15.3 Å². The third-order valence-electron chi connectivity index (χ3n) is 4.34. The van der Waals surface area contributed by atoms with Gasteiger partial charge < -0.3 is 15.1 Å². The third kappa shape index (κ3) is 3.86. The first kappa shape index (κ1) is 17.7. The Bertz CT molecular complexity index is 1130. The van der Waals surface area contributed by atoms with Crippen molar-refractivity contribution in [3.63, 3.8) is 0 Å². The van der Waals surface area contributed by atoms with Crippen molar-refractivity contribution >= 4 is 28.3 Å². The van der Waals surface area contributed by atoms with Crippen LogP contribution in [0, 0.1) is 13.8 Å².